The van der Waals surface area contributed by atoms with Gasteiger partial charge in [-0.15, -0.1) is 0 Å². The molecule has 0 radical (unpaired) electrons. The van der Waals surface area contributed by atoms with Gasteiger partial charge in [0, 0.05) is 7.14 Å². The third-order valence-electron chi connectivity index (χ3n) is 7.20. The van der Waals surface area contributed by atoms with Crippen molar-refractivity contribution in [1.82, 2.24) is 0 Å². The zero-order chi connectivity index (χ0) is 22.1. The fourth-order valence-corrected chi connectivity index (χ4v) is 12.7. The number of benzene rings is 2. The topological polar surface area (TPSA) is 0 Å². The molecule has 0 fully saturated rings. The minimum absolute atomic E-state index is 1.34. The van der Waals surface area contributed by atoms with Crippen molar-refractivity contribution in [3.05, 3.63) is 43.5 Å². The molecule has 0 N–H and O–H groups in total. The van der Waals surface area contributed by atoms with Crippen LogP contribution in [0.1, 0.15) is 90.9 Å². The Balaban J connectivity index is 1.85. The first-order chi connectivity index (χ1) is 15.1. The van der Waals surface area contributed by atoms with E-state index >= 15 is 0 Å². The third-order valence-corrected chi connectivity index (χ3v) is 13.8. The summed E-state index contributed by atoms with van der Waals surface area (Å²) in [7, 11) is -1.68. The van der Waals surface area contributed by atoms with Crippen molar-refractivity contribution in [3.8, 4) is 11.1 Å². The average molecular weight is 659 g/mol. The van der Waals surface area contributed by atoms with Gasteiger partial charge in [-0.25, -0.2) is 0 Å². The molecule has 0 saturated carbocycles. The molecule has 0 aliphatic carbocycles. The molecular formula is C28H40I2Si. The van der Waals surface area contributed by atoms with Gasteiger partial charge in [-0.2, -0.15) is 0 Å². The Morgan fingerprint density at radius 3 is 1.35 bits per heavy atom. The van der Waals surface area contributed by atoms with E-state index in [1.165, 1.54) is 96.3 Å². The number of hydrogen-bond donors (Lipinski definition) is 0. The molecule has 3 rings (SSSR count). The largest absolute Gasteiger partial charge is 0.119 e. The lowest BCUT2D eigenvalue weighted by Crippen LogP contribution is -2.55. The molecule has 1 heterocycles. The SMILES string of the molecule is CCCCCCCC[Si]1(CCCCCCCC)c2cc(I)ccc2-c2ccc(I)cc21. The van der Waals surface area contributed by atoms with E-state index in [1.807, 2.05) is 0 Å². The molecule has 31 heavy (non-hydrogen) atoms. The van der Waals surface area contributed by atoms with E-state index in [1.54, 1.807) is 21.5 Å². The Kier molecular flexibility index (Phi) is 10.9. The summed E-state index contributed by atoms with van der Waals surface area (Å²) in [5, 5.41) is 3.53. The quantitative estimate of drug-likeness (QED) is 0.108. The number of rotatable bonds is 14. The van der Waals surface area contributed by atoms with Crippen LogP contribution >= 0.6 is 45.2 Å². The highest BCUT2D eigenvalue weighted by molar-refractivity contribution is 14.1. The molecule has 0 spiro atoms. The van der Waals surface area contributed by atoms with Crippen LogP contribution in [0.5, 0.6) is 0 Å². The smallest absolute Gasteiger partial charge is 0.0654 e. The molecule has 0 unspecified atom stereocenters. The molecule has 3 heteroatoms. The van der Waals surface area contributed by atoms with E-state index in [2.05, 4.69) is 95.4 Å². The lowest BCUT2D eigenvalue weighted by Gasteiger charge is -2.30. The second-order valence-corrected chi connectivity index (χ2v) is 16.2. The summed E-state index contributed by atoms with van der Waals surface area (Å²) >= 11 is 5.07. The Morgan fingerprint density at radius 2 is 0.935 bits per heavy atom. The lowest BCUT2D eigenvalue weighted by molar-refractivity contribution is 0.616. The van der Waals surface area contributed by atoms with Gasteiger partial charge in [-0.3, -0.25) is 0 Å². The number of unbranched alkanes of at least 4 members (excludes halogenated alkanes) is 10. The van der Waals surface area contributed by atoms with Gasteiger partial charge in [0.2, 0.25) is 0 Å². The highest BCUT2D eigenvalue weighted by Gasteiger charge is 2.44. The first-order valence-electron chi connectivity index (χ1n) is 12.7. The molecule has 1 aliphatic heterocycles. The van der Waals surface area contributed by atoms with Gasteiger partial charge in [-0.1, -0.05) is 103 Å². The molecule has 0 saturated heterocycles. The Hall–Kier alpha value is 0.117. The van der Waals surface area contributed by atoms with Gasteiger partial charge in [0.05, 0.1) is 0 Å². The Bertz CT molecular complexity index is 760. The van der Waals surface area contributed by atoms with Crippen molar-refractivity contribution >= 4 is 63.6 Å². The third kappa shape index (κ3) is 6.59. The summed E-state index contributed by atoms with van der Waals surface area (Å²) in [6, 6.07) is 17.6. The predicted molar refractivity (Wildman–Crippen MR) is 159 cm³/mol. The summed E-state index contributed by atoms with van der Waals surface area (Å²) in [6.45, 7) is 4.64. The first-order valence-corrected chi connectivity index (χ1v) is 17.3. The van der Waals surface area contributed by atoms with Crippen molar-refractivity contribution in [3.63, 3.8) is 0 Å². The maximum Gasteiger partial charge on any atom is 0.119 e. The lowest BCUT2D eigenvalue weighted by atomic mass is 10.1. The zero-order valence-corrected chi connectivity index (χ0v) is 24.9. The van der Waals surface area contributed by atoms with Gasteiger partial charge in [-0.05, 0) is 103 Å². The summed E-state index contributed by atoms with van der Waals surface area (Å²) in [4.78, 5) is 0. The molecule has 0 amide bonds. The van der Waals surface area contributed by atoms with Crippen LogP contribution < -0.4 is 10.4 Å². The van der Waals surface area contributed by atoms with Crippen LogP contribution in [-0.2, 0) is 0 Å². The molecule has 2 aromatic carbocycles. The highest BCUT2D eigenvalue weighted by atomic mass is 127. The van der Waals surface area contributed by atoms with Crippen molar-refractivity contribution in [2.75, 3.05) is 0 Å². The van der Waals surface area contributed by atoms with Crippen LogP contribution in [0.3, 0.4) is 0 Å². The first kappa shape index (κ1) is 25.7. The van der Waals surface area contributed by atoms with Crippen LogP contribution in [0.15, 0.2) is 36.4 Å². The van der Waals surface area contributed by atoms with Gasteiger partial charge in [0.15, 0.2) is 0 Å². The van der Waals surface area contributed by atoms with Crippen LogP contribution in [0.4, 0.5) is 0 Å². The monoisotopic (exact) mass is 658 g/mol. The average Bonchev–Trinajstić information content (AvgIpc) is 3.02. The van der Waals surface area contributed by atoms with E-state index in [-0.39, 0.29) is 0 Å². The highest BCUT2D eigenvalue weighted by Crippen LogP contribution is 2.36. The summed E-state index contributed by atoms with van der Waals surface area (Å²) in [5.41, 5.74) is 3.13. The van der Waals surface area contributed by atoms with Crippen molar-refractivity contribution in [2.45, 2.75) is 103 Å². The van der Waals surface area contributed by atoms with Crippen LogP contribution in [0, 0.1) is 7.14 Å². The standard InChI is InChI=1S/C28H40I2Si/c1-3-5-7-9-11-13-19-31(20-14-12-10-8-6-4-2)27-21-23(29)15-17-25(27)26-18-16-24(30)22-28(26)31/h15-18,21-22H,3-14,19-20H2,1-2H3. The molecule has 0 nitrogen and oxygen atoms in total. The molecule has 2 aromatic rings. The molecular weight excluding hydrogens is 618 g/mol. The van der Waals surface area contributed by atoms with Crippen LogP contribution in [0.2, 0.25) is 12.1 Å². The molecule has 0 bridgehead atoms. The second kappa shape index (κ2) is 13.1. The van der Waals surface area contributed by atoms with E-state index < -0.39 is 8.07 Å². The summed E-state index contributed by atoms with van der Waals surface area (Å²) in [5.74, 6) is 0. The maximum atomic E-state index is 2.57. The number of fused-ring (bicyclic) bond motifs is 3. The number of halogens is 2. The van der Waals surface area contributed by atoms with E-state index in [9.17, 15) is 0 Å². The second-order valence-electron chi connectivity index (χ2n) is 9.50. The van der Waals surface area contributed by atoms with E-state index in [4.69, 9.17) is 0 Å². The normalized spacial score (nSPS) is 13.9. The summed E-state index contributed by atoms with van der Waals surface area (Å²) < 4.78 is 2.84. The number of hydrogen-bond acceptors (Lipinski definition) is 0. The minimum Gasteiger partial charge on any atom is -0.0654 e. The predicted octanol–water partition coefficient (Wildman–Crippen LogP) is 9.16. The van der Waals surface area contributed by atoms with Gasteiger partial charge in [0.1, 0.15) is 8.07 Å². The van der Waals surface area contributed by atoms with Gasteiger partial charge < -0.3 is 0 Å². The molecule has 170 valence electrons. The van der Waals surface area contributed by atoms with E-state index in [0.717, 1.165) is 0 Å². The van der Waals surface area contributed by atoms with Gasteiger partial charge in [0.25, 0.3) is 0 Å². The van der Waals surface area contributed by atoms with Crippen molar-refractivity contribution < 1.29 is 0 Å². The minimum atomic E-state index is -1.68. The van der Waals surface area contributed by atoms with Crippen molar-refractivity contribution in [1.29, 1.82) is 0 Å². The maximum absolute atomic E-state index is 2.57. The molecule has 1 aliphatic rings. The fourth-order valence-electron chi connectivity index (χ4n) is 5.52. The van der Waals surface area contributed by atoms with Crippen LogP contribution in [-0.4, -0.2) is 8.07 Å². The fraction of sp³-hybridized carbons (Fsp3) is 0.571. The van der Waals surface area contributed by atoms with Gasteiger partial charge >= 0.3 is 0 Å². The van der Waals surface area contributed by atoms with E-state index in [0.29, 0.717) is 0 Å². The van der Waals surface area contributed by atoms with Crippen LogP contribution in [0.25, 0.3) is 11.1 Å². The van der Waals surface area contributed by atoms with Crippen molar-refractivity contribution in [2.24, 2.45) is 0 Å². The zero-order valence-electron chi connectivity index (χ0n) is 19.6. The molecule has 0 atom stereocenters. The Morgan fingerprint density at radius 1 is 0.548 bits per heavy atom. The molecule has 0 aromatic heterocycles. The Labute approximate surface area is 219 Å². The summed E-state index contributed by atoms with van der Waals surface area (Å²) in [6.07, 6.45) is 16.9.